The summed E-state index contributed by atoms with van der Waals surface area (Å²) in [5.74, 6) is -2.31. The first-order chi connectivity index (χ1) is 9.44. The van der Waals surface area contributed by atoms with Crippen LogP contribution in [0.5, 0.6) is 0 Å². The number of rotatable bonds is 8. The third kappa shape index (κ3) is 8.47. The number of aliphatic carboxylic acids is 1. The molecule has 0 aromatic carbocycles. The normalized spacial score (nSPS) is 15.7. The molecule has 3 atom stereocenters. The summed E-state index contributed by atoms with van der Waals surface area (Å²) in [6, 6.07) is -2.80. The van der Waals surface area contributed by atoms with Gasteiger partial charge in [0.05, 0.1) is 13.2 Å². The van der Waals surface area contributed by atoms with Crippen molar-refractivity contribution in [2.75, 3.05) is 19.5 Å². The number of hydrogen-bond acceptors (Lipinski definition) is 5. The Labute approximate surface area is 124 Å². The number of nitrogens with one attached hydrogen (secondary N) is 2. The second-order valence-electron chi connectivity index (χ2n) is 5.49. The van der Waals surface area contributed by atoms with E-state index in [2.05, 4.69) is 10.6 Å². The van der Waals surface area contributed by atoms with E-state index in [1.54, 1.807) is 13.3 Å². The van der Waals surface area contributed by atoms with Crippen LogP contribution in [0.4, 0.5) is 0 Å². The van der Waals surface area contributed by atoms with Crippen LogP contribution < -0.4 is 16.4 Å². The van der Waals surface area contributed by atoms with E-state index in [0.717, 1.165) is 0 Å². The van der Waals surface area contributed by atoms with Crippen LogP contribution in [0.3, 0.4) is 0 Å². The first kappa shape index (κ1) is 19.6. The van der Waals surface area contributed by atoms with Gasteiger partial charge >= 0.3 is 5.97 Å². The van der Waals surface area contributed by atoms with Crippen molar-refractivity contribution in [1.29, 1.82) is 0 Å². The molecule has 0 aromatic rings. The van der Waals surface area contributed by atoms with Crippen LogP contribution in [0.1, 0.15) is 20.3 Å². The third-order valence-corrected chi connectivity index (χ3v) is 4.13. The van der Waals surface area contributed by atoms with Gasteiger partial charge in [-0.2, -0.15) is 0 Å². The van der Waals surface area contributed by atoms with E-state index >= 15 is 0 Å². The molecule has 21 heavy (non-hydrogen) atoms. The van der Waals surface area contributed by atoms with Gasteiger partial charge in [-0.15, -0.1) is 0 Å². The zero-order chi connectivity index (χ0) is 16.8. The number of carbonyl (C=O) groups excluding carboxylic acids is 2. The summed E-state index contributed by atoms with van der Waals surface area (Å²) in [6.07, 6.45) is 0.605. The highest BCUT2D eigenvalue weighted by molar-refractivity contribution is 7.62. The number of amides is 2. The molecule has 2 amide bonds. The topological polar surface area (TPSA) is 139 Å². The molecule has 0 heterocycles. The average molecular weight is 321 g/mol. The summed E-state index contributed by atoms with van der Waals surface area (Å²) in [7, 11) is -2.25. The number of hydrogen-bond donors (Lipinski definition) is 4. The highest BCUT2D eigenvalue weighted by Crippen LogP contribution is 2.36. The van der Waals surface area contributed by atoms with Crippen LogP contribution >= 0.6 is 7.14 Å². The van der Waals surface area contributed by atoms with Crippen molar-refractivity contribution >= 4 is 24.9 Å². The second-order valence-corrected chi connectivity index (χ2v) is 9.09. The maximum atomic E-state index is 11.8. The molecule has 0 saturated heterocycles. The van der Waals surface area contributed by atoms with Crippen molar-refractivity contribution in [2.45, 2.75) is 38.4 Å². The molecule has 3 unspecified atom stereocenters. The van der Waals surface area contributed by atoms with Crippen LogP contribution in [0, 0.1) is 0 Å². The molecular weight excluding hydrogens is 297 g/mol. The predicted molar refractivity (Wildman–Crippen MR) is 79.8 cm³/mol. The molecule has 0 radical (unpaired) electrons. The Morgan fingerprint density at radius 2 is 1.57 bits per heavy atom. The van der Waals surface area contributed by atoms with Crippen molar-refractivity contribution < 1.29 is 24.1 Å². The number of nitrogens with two attached hydrogens (primary N) is 1. The lowest BCUT2D eigenvalue weighted by molar-refractivity contribution is -0.141. The van der Waals surface area contributed by atoms with E-state index < -0.39 is 43.1 Å². The predicted octanol–water partition coefficient (Wildman–Crippen LogP) is -0.579. The molecule has 8 nitrogen and oxygen atoms in total. The van der Waals surface area contributed by atoms with E-state index in [1.165, 1.54) is 13.8 Å². The van der Waals surface area contributed by atoms with Crippen LogP contribution in [-0.2, 0) is 18.9 Å². The lowest BCUT2D eigenvalue weighted by Crippen LogP contribution is -2.52. The summed E-state index contributed by atoms with van der Waals surface area (Å²) in [5, 5.41) is 13.3. The molecule has 0 bridgehead atoms. The van der Waals surface area contributed by atoms with Crippen molar-refractivity contribution in [1.82, 2.24) is 10.6 Å². The molecule has 0 saturated carbocycles. The largest absolute Gasteiger partial charge is 0.480 e. The van der Waals surface area contributed by atoms with Crippen LogP contribution in [0.25, 0.3) is 0 Å². The maximum absolute atomic E-state index is 11.8. The minimum atomic E-state index is -2.25. The van der Waals surface area contributed by atoms with Gasteiger partial charge in [0.15, 0.2) is 0 Å². The van der Waals surface area contributed by atoms with Gasteiger partial charge in [-0.25, -0.2) is 0 Å². The van der Waals surface area contributed by atoms with Crippen LogP contribution in [0.2, 0.25) is 0 Å². The van der Waals surface area contributed by atoms with Gasteiger partial charge in [-0.05, 0) is 33.6 Å². The van der Waals surface area contributed by atoms with Gasteiger partial charge in [0, 0.05) is 6.16 Å². The quantitative estimate of drug-likeness (QED) is 0.441. The van der Waals surface area contributed by atoms with Gasteiger partial charge in [-0.3, -0.25) is 14.4 Å². The molecule has 0 aliphatic carbocycles. The average Bonchev–Trinajstić information content (AvgIpc) is 2.34. The van der Waals surface area contributed by atoms with Gasteiger partial charge in [0.2, 0.25) is 11.8 Å². The Balaban J connectivity index is 4.33. The van der Waals surface area contributed by atoms with E-state index in [-0.39, 0.29) is 6.42 Å². The zero-order valence-corrected chi connectivity index (χ0v) is 13.6. The smallest absolute Gasteiger partial charge is 0.325 e. The van der Waals surface area contributed by atoms with Crippen molar-refractivity contribution in [3.05, 3.63) is 0 Å². The van der Waals surface area contributed by atoms with Crippen molar-refractivity contribution in [2.24, 2.45) is 5.73 Å². The molecule has 5 N–H and O–H groups in total. The fourth-order valence-electron chi connectivity index (χ4n) is 1.37. The molecular formula is C12H24N3O5P. The third-order valence-electron chi connectivity index (χ3n) is 2.80. The minimum absolute atomic E-state index is 0.260. The van der Waals surface area contributed by atoms with Gasteiger partial charge in [-0.1, -0.05) is 0 Å². The highest BCUT2D eigenvalue weighted by atomic mass is 31.2. The Kier molecular flexibility index (Phi) is 7.60. The molecule has 0 rings (SSSR count). The van der Waals surface area contributed by atoms with E-state index in [4.69, 9.17) is 10.8 Å². The minimum Gasteiger partial charge on any atom is -0.480 e. The van der Waals surface area contributed by atoms with E-state index in [0.29, 0.717) is 6.16 Å². The number of carboxylic acid groups (broad SMARTS) is 1. The monoisotopic (exact) mass is 321 g/mol. The fourth-order valence-corrected chi connectivity index (χ4v) is 2.27. The summed E-state index contributed by atoms with van der Waals surface area (Å²) in [4.78, 5) is 34.0. The molecule has 122 valence electrons. The molecule has 0 aromatic heterocycles. The SMILES string of the molecule is CC(NC(=O)C(C)NC(=O)C(N)CCP(C)(C)=O)C(=O)O. The van der Waals surface area contributed by atoms with Crippen molar-refractivity contribution in [3.63, 3.8) is 0 Å². The number of carboxylic acids is 1. The van der Waals surface area contributed by atoms with Gasteiger partial charge in [0.1, 0.15) is 12.1 Å². The van der Waals surface area contributed by atoms with Gasteiger partial charge in [0.25, 0.3) is 0 Å². The molecule has 9 heteroatoms. The summed E-state index contributed by atoms with van der Waals surface area (Å²) < 4.78 is 11.6. The second kappa shape index (κ2) is 8.14. The van der Waals surface area contributed by atoms with E-state index in [1.807, 2.05) is 0 Å². The molecule has 0 fully saturated rings. The van der Waals surface area contributed by atoms with E-state index in [9.17, 15) is 18.9 Å². The Bertz CT molecular complexity index is 448. The first-order valence-electron chi connectivity index (χ1n) is 6.57. The summed E-state index contributed by atoms with van der Waals surface area (Å²) >= 11 is 0. The fraction of sp³-hybridized carbons (Fsp3) is 0.750. The maximum Gasteiger partial charge on any atom is 0.325 e. The highest BCUT2D eigenvalue weighted by Gasteiger charge is 2.23. The zero-order valence-electron chi connectivity index (χ0n) is 12.8. The molecule has 0 aliphatic rings. The Morgan fingerprint density at radius 3 is 2.00 bits per heavy atom. The first-order valence-corrected chi connectivity index (χ1v) is 9.36. The lowest BCUT2D eigenvalue weighted by Gasteiger charge is -2.19. The Morgan fingerprint density at radius 1 is 1.10 bits per heavy atom. The standard InChI is InChI=1S/C12H24N3O5P/c1-7(10(16)15-8(2)12(18)19)14-11(17)9(13)5-6-21(3,4)20/h7-9H,5-6,13H2,1-4H3,(H,14,17)(H,15,16)(H,18,19). The van der Waals surface area contributed by atoms with Crippen LogP contribution in [0.15, 0.2) is 0 Å². The molecule has 0 aliphatic heterocycles. The molecule has 0 spiro atoms. The lowest BCUT2D eigenvalue weighted by atomic mass is 10.2. The summed E-state index contributed by atoms with van der Waals surface area (Å²) in [5.41, 5.74) is 5.66. The summed E-state index contributed by atoms with van der Waals surface area (Å²) in [6.45, 7) is 5.97. The van der Waals surface area contributed by atoms with Gasteiger partial charge < -0.3 is 26.0 Å². The van der Waals surface area contributed by atoms with Crippen molar-refractivity contribution in [3.8, 4) is 0 Å². The van der Waals surface area contributed by atoms with Crippen LogP contribution in [-0.4, -0.2) is 60.5 Å². The Hall–Kier alpha value is -1.40. The number of carbonyl (C=O) groups is 3.